The molecule has 7 nitrogen and oxygen atoms in total. The first-order valence-corrected chi connectivity index (χ1v) is 8.36. The van der Waals surface area contributed by atoms with Crippen molar-refractivity contribution in [2.45, 2.75) is 13.5 Å². The number of rotatable bonds is 8. The topological polar surface area (TPSA) is 80.9 Å². The molecule has 0 bridgehead atoms. The Morgan fingerprint density at radius 2 is 1.88 bits per heavy atom. The van der Waals surface area contributed by atoms with Gasteiger partial charge < -0.3 is 24.1 Å². The fourth-order valence-corrected chi connectivity index (χ4v) is 2.52. The number of halogens is 1. The smallest absolute Gasteiger partial charge is 0.355 e. The monoisotopic (exact) mass is 380 g/mol. The Hall–Kier alpha value is -2.67. The fraction of sp³-hybridized carbons (Fsp3) is 0.333. The minimum atomic E-state index is -0.632. The number of esters is 1. The minimum absolute atomic E-state index is 0.200. The number of amides is 1. The van der Waals surface area contributed by atoms with Gasteiger partial charge in [0.2, 0.25) is 0 Å². The molecule has 1 amide bonds. The Balaban J connectivity index is 1.97. The first-order valence-electron chi connectivity index (χ1n) is 7.98. The molecule has 0 spiro atoms. The van der Waals surface area contributed by atoms with Gasteiger partial charge in [0.15, 0.2) is 18.1 Å². The zero-order chi connectivity index (χ0) is 19.1. The van der Waals surface area contributed by atoms with Crippen LogP contribution in [0.4, 0.5) is 0 Å². The van der Waals surface area contributed by atoms with Gasteiger partial charge in [0.1, 0.15) is 5.69 Å². The second-order valence-electron chi connectivity index (χ2n) is 5.40. The molecule has 0 saturated carbocycles. The number of benzene rings is 1. The van der Waals surface area contributed by atoms with Crippen LogP contribution in [0.5, 0.6) is 11.5 Å². The van der Waals surface area contributed by atoms with E-state index < -0.39 is 5.97 Å². The Morgan fingerprint density at radius 3 is 2.46 bits per heavy atom. The molecule has 0 aliphatic rings. The maximum atomic E-state index is 12.4. The molecule has 0 unspecified atom stereocenters. The second-order valence-corrected chi connectivity index (χ2v) is 5.84. The predicted octanol–water partition coefficient (Wildman–Crippen LogP) is 2.89. The molecule has 1 aromatic heterocycles. The van der Waals surface area contributed by atoms with Crippen LogP contribution in [0.15, 0.2) is 30.5 Å². The van der Waals surface area contributed by atoms with E-state index >= 15 is 0 Å². The third kappa shape index (κ3) is 4.92. The van der Waals surface area contributed by atoms with Crippen molar-refractivity contribution in [1.29, 1.82) is 0 Å². The van der Waals surface area contributed by atoms with Gasteiger partial charge in [0.25, 0.3) is 5.91 Å². The molecule has 1 aromatic carbocycles. The van der Waals surface area contributed by atoms with E-state index in [-0.39, 0.29) is 18.2 Å². The zero-order valence-corrected chi connectivity index (χ0v) is 15.6. The van der Waals surface area contributed by atoms with E-state index in [0.29, 0.717) is 29.6 Å². The SMILES string of the molecule is CCN(Cc1ccc(OC)c(OC)c1)C(=O)COC(=O)c1cc(Cl)c[nH]1. The molecular weight excluding hydrogens is 360 g/mol. The molecule has 2 aromatic rings. The summed E-state index contributed by atoms with van der Waals surface area (Å²) in [4.78, 5) is 28.5. The van der Waals surface area contributed by atoms with Crippen LogP contribution in [-0.4, -0.2) is 49.1 Å². The van der Waals surface area contributed by atoms with Gasteiger partial charge in [0, 0.05) is 19.3 Å². The number of H-pyrrole nitrogens is 1. The molecule has 26 heavy (non-hydrogen) atoms. The number of nitrogens with zero attached hydrogens (tertiary/aromatic N) is 1. The number of hydrogen-bond acceptors (Lipinski definition) is 5. The molecule has 2 rings (SSSR count). The molecule has 0 aliphatic heterocycles. The number of likely N-dealkylation sites (N-methyl/N-ethyl adjacent to an activating group) is 1. The van der Waals surface area contributed by atoms with Crippen molar-refractivity contribution in [3.05, 3.63) is 46.7 Å². The molecule has 0 fully saturated rings. The first kappa shape index (κ1) is 19.7. The summed E-state index contributed by atoms with van der Waals surface area (Å²) in [6.07, 6.45) is 1.47. The molecule has 0 radical (unpaired) electrons. The molecule has 1 N–H and O–H groups in total. The lowest BCUT2D eigenvalue weighted by atomic mass is 10.2. The summed E-state index contributed by atoms with van der Waals surface area (Å²) in [6.45, 7) is 2.34. The number of ether oxygens (including phenoxy) is 3. The Kier molecular flexibility index (Phi) is 6.91. The number of aromatic nitrogens is 1. The van der Waals surface area contributed by atoms with Crippen molar-refractivity contribution in [1.82, 2.24) is 9.88 Å². The van der Waals surface area contributed by atoms with E-state index in [1.807, 2.05) is 19.1 Å². The summed E-state index contributed by atoms with van der Waals surface area (Å²) >= 11 is 5.74. The number of hydrogen-bond donors (Lipinski definition) is 1. The largest absolute Gasteiger partial charge is 0.493 e. The van der Waals surface area contributed by atoms with Crippen molar-refractivity contribution in [2.24, 2.45) is 0 Å². The Bertz CT molecular complexity index is 775. The van der Waals surface area contributed by atoms with Crippen molar-refractivity contribution in [3.8, 4) is 11.5 Å². The van der Waals surface area contributed by atoms with Crippen LogP contribution in [0.3, 0.4) is 0 Å². The van der Waals surface area contributed by atoms with Crippen molar-refractivity contribution in [3.63, 3.8) is 0 Å². The Labute approximate surface area is 156 Å². The first-order chi connectivity index (χ1) is 12.5. The fourth-order valence-electron chi connectivity index (χ4n) is 2.36. The third-order valence-corrected chi connectivity index (χ3v) is 3.97. The van der Waals surface area contributed by atoms with Crippen LogP contribution >= 0.6 is 11.6 Å². The zero-order valence-electron chi connectivity index (χ0n) is 14.9. The van der Waals surface area contributed by atoms with Crippen molar-refractivity contribution in [2.75, 3.05) is 27.4 Å². The van der Waals surface area contributed by atoms with E-state index in [9.17, 15) is 9.59 Å². The van der Waals surface area contributed by atoms with Gasteiger partial charge in [-0.3, -0.25) is 4.79 Å². The highest BCUT2D eigenvalue weighted by Gasteiger charge is 2.17. The minimum Gasteiger partial charge on any atom is -0.493 e. The van der Waals surface area contributed by atoms with Gasteiger partial charge in [-0.2, -0.15) is 0 Å². The summed E-state index contributed by atoms with van der Waals surface area (Å²) < 4.78 is 15.5. The Morgan fingerprint density at radius 1 is 1.15 bits per heavy atom. The van der Waals surface area contributed by atoms with Crippen LogP contribution in [0.1, 0.15) is 23.0 Å². The molecule has 0 aliphatic carbocycles. The number of carbonyl (C=O) groups excluding carboxylic acids is 2. The average Bonchev–Trinajstić information content (AvgIpc) is 3.10. The van der Waals surface area contributed by atoms with Crippen LogP contribution < -0.4 is 9.47 Å². The maximum Gasteiger partial charge on any atom is 0.355 e. The molecule has 0 atom stereocenters. The predicted molar refractivity (Wildman–Crippen MR) is 96.7 cm³/mol. The summed E-state index contributed by atoms with van der Waals surface area (Å²) in [5, 5.41) is 0.395. The molecule has 140 valence electrons. The number of methoxy groups -OCH3 is 2. The lowest BCUT2D eigenvalue weighted by Gasteiger charge is -2.21. The van der Waals surface area contributed by atoms with Crippen LogP contribution in [-0.2, 0) is 16.1 Å². The number of aromatic amines is 1. The summed E-state index contributed by atoms with van der Waals surface area (Å²) in [5.41, 5.74) is 1.08. The maximum absolute atomic E-state index is 12.4. The quantitative estimate of drug-likeness (QED) is 0.712. The van der Waals surface area contributed by atoms with E-state index in [2.05, 4.69) is 4.98 Å². The summed E-state index contributed by atoms with van der Waals surface area (Å²) in [7, 11) is 3.11. The van der Waals surface area contributed by atoms with Crippen LogP contribution in [0, 0.1) is 0 Å². The lowest BCUT2D eigenvalue weighted by molar-refractivity contribution is -0.134. The molecule has 1 heterocycles. The van der Waals surface area contributed by atoms with Crippen LogP contribution in [0.25, 0.3) is 0 Å². The van der Waals surface area contributed by atoms with E-state index in [1.165, 1.54) is 12.3 Å². The summed E-state index contributed by atoms with van der Waals surface area (Å²) in [6, 6.07) is 6.88. The van der Waals surface area contributed by atoms with Gasteiger partial charge in [-0.15, -0.1) is 0 Å². The highest BCUT2D eigenvalue weighted by molar-refractivity contribution is 6.30. The van der Waals surface area contributed by atoms with Crippen molar-refractivity contribution < 1.29 is 23.8 Å². The van der Waals surface area contributed by atoms with Gasteiger partial charge in [-0.25, -0.2) is 4.79 Å². The number of carbonyl (C=O) groups is 2. The molecular formula is C18H21ClN2O5. The van der Waals surface area contributed by atoms with Crippen molar-refractivity contribution >= 4 is 23.5 Å². The number of nitrogens with one attached hydrogen (secondary N) is 1. The highest BCUT2D eigenvalue weighted by Crippen LogP contribution is 2.28. The molecule has 8 heteroatoms. The average molecular weight is 381 g/mol. The van der Waals surface area contributed by atoms with Gasteiger partial charge in [0.05, 0.1) is 19.2 Å². The molecule has 0 saturated heterocycles. The second kappa shape index (κ2) is 9.15. The third-order valence-electron chi connectivity index (χ3n) is 3.75. The van der Waals surface area contributed by atoms with E-state index in [0.717, 1.165) is 5.56 Å². The summed E-state index contributed by atoms with van der Waals surface area (Å²) in [5.74, 6) is 0.272. The van der Waals surface area contributed by atoms with Crippen LogP contribution in [0.2, 0.25) is 5.02 Å². The van der Waals surface area contributed by atoms with Gasteiger partial charge in [-0.05, 0) is 30.7 Å². The normalized spacial score (nSPS) is 10.3. The van der Waals surface area contributed by atoms with E-state index in [4.69, 9.17) is 25.8 Å². The highest BCUT2D eigenvalue weighted by atomic mass is 35.5. The van der Waals surface area contributed by atoms with Gasteiger partial charge in [-0.1, -0.05) is 17.7 Å². The lowest BCUT2D eigenvalue weighted by Crippen LogP contribution is -2.34. The van der Waals surface area contributed by atoms with Gasteiger partial charge >= 0.3 is 5.97 Å². The standard InChI is InChI=1S/C18H21ClN2O5/c1-4-21(10-12-5-6-15(24-2)16(7-12)25-3)17(22)11-26-18(23)14-8-13(19)9-20-14/h5-9,20H,4,10-11H2,1-3H3. The van der Waals surface area contributed by atoms with E-state index in [1.54, 1.807) is 25.2 Å².